The number of nitrogens with zero attached hydrogens (tertiary/aromatic N) is 5. The first-order chi connectivity index (χ1) is 22.0. The fraction of sp³-hybridized carbons (Fsp3) is 0.211. The van der Waals surface area contributed by atoms with E-state index in [1.807, 2.05) is 86.8 Å². The van der Waals surface area contributed by atoms with Crippen molar-refractivity contribution >= 4 is 0 Å². The van der Waals surface area contributed by atoms with Gasteiger partial charge in [0.1, 0.15) is 0 Å². The van der Waals surface area contributed by atoms with Crippen LogP contribution in [0.4, 0.5) is 13.2 Å². The maximum Gasteiger partial charge on any atom is 0.435 e. The summed E-state index contributed by atoms with van der Waals surface area (Å²) in [5, 5.41) is 3.72. The van der Waals surface area contributed by atoms with Crippen LogP contribution >= 0.6 is 0 Å². The summed E-state index contributed by atoms with van der Waals surface area (Å²) >= 11 is 0. The molecule has 5 nitrogen and oxygen atoms in total. The molecule has 0 N–H and O–H groups in total. The van der Waals surface area contributed by atoms with E-state index < -0.39 is 28.1 Å². The number of pyridine rings is 3. The van der Waals surface area contributed by atoms with E-state index in [0.717, 1.165) is 39.0 Å². The zero-order valence-corrected chi connectivity index (χ0v) is 26.1. The summed E-state index contributed by atoms with van der Waals surface area (Å²) in [6, 6.07) is 39.0. The Kier molecular flexibility index (Phi) is 7.84. The standard InChI is InChI=1S/C38H34F3N5/c1-35(2,30-21-14-23-34(44-30)46-26-24-33(45-46)38(39,40)41)29-20-13-22-32(43-29)37(27-15-7-5-8-16-27,28-17-9-6-10-18-28)36(3,4)31-19-11-12-25-42-31/h5-26H,1-4H3. The molecule has 6 rings (SSSR count). The van der Waals surface area contributed by atoms with Crippen LogP contribution in [0.25, 0.3) is 5.82 Å². The Bertz CT molecular complexity index is 1890. The van der Waals surface area contributed by atoms with Crippen molar-refractivity contribution in [1.82, 2.24) is 24.7 Å². The number of benzene rings is 2. The molecule has 0 unspecified atom stereocenters. The van der Waals surface area contributed by atoms with E-state index in [9.17, 15) is 13.2 Å². The predicted octanol–water partition coefficient (Wildman–Crippen LogP) is 8.71. The Labute approximate surface area is 266 Å². The summed E-state index contributed by atoms with van der Waals surface area (Å²) in [5.74, 6) is 0.288. The molecular formula is C38H34F3N5. The maximum atomic E-state index is 13.3. The molecule has 6 aromatic rings. The lowest BCUT2D eigenvalue weighted by atomic mass is 9.55. The second kappa shape index (κ2) is 11.7. The van der Waals surface area contributed by atoms with Gasteiger partial charge in [0.2, 0.25) is 0 Å². The third-order valence-corrected chi connectivity index (χ3v) is 8.92. The van der Waals surface area contributed by atoms with Crippen molar-refractivity contribution in [2.24, 2.45) is 0 Å². The van der Waals surface area contributed by atoms with Crippen molar-refractivity contribution in [3.05, 3.63) is 173 Å². The largest absolute Gasteiger partial charge is 0.435 e. The highest BCUT2D eigenvalue weighted by atomic mass is 19.4. The first kappa shape index (κ1) is 30.9. The smallest absolute Gasteiger partial charge is 0.261 e. The average Bonchev–Trinajstić information content (AvgIpc) is 3.59. The van der Waals surface area contributed by atoms with Gasteiger partial charge < -0.3 is 0 Å². The van der Waals surface area contributed by atoms with Gasteiger partial charge in [-0.25, -0.2) is 9.67 Å². The second-order valence-corrected chi connectivity index (χ2v) is 12.4. The maximum absolute atomic E-state index is 13.3. The van der Waals surface area contributed by atoms with E-state index in [-0.39, 0.29) is 5.82 Å². The molecule has 2 aromatic carbocycles. The highest BCUT2D eigenvalue weighted by molar-refractivity contribution is 5.55. The van der Waals surface area contributed by atoms with Gasteiger partial charge in [0, 0.05) is 28.9 Å². The van der Waals surface area contributed by atoms with Crippen LogP contribution in [0.2, 0.25) is 0 Å². The second-order valence-electron chi connectivity index (χ2n) is 12.4. The molecule has 4 heterocycles. The van der Waals surface area contributed by atoms with Gasteiger partial charge in [0.25, 0.3) is 0 Å². The quantitative estimate of drug-likeness (QED) is 0.171. The predicted molar refractivity (Wildman–Crippen MR) is 173 cm³/mol. The molecule has 0 atom stereocenters. The molecule has 8 heteroatoms. The molecule has 0 fully saturated rings. The number of alkyl halides is 3. The molecule has 46 heavy (non-hydrogen) atoms. The van der Waals surface area contributed by atoms with Crippen LogP contribution in [-0.4, -0.2) is 24.7 Å². The van der Waals surface area contributed by atoms with Crippen LogP contribution in [0.3, 0.4) is 0 Å². The molecular weight excluding hydrogens is 583 g/mol. The number of halogens is 3. The van der Waals surface area contributed by atoms with Crippen LogP contribution < -0.4 is 0 Å². The Morgan fingerprint density at radius 3 is 1.63 bits per heavy atom. The fourth-order valence-corrected chi connectivity index (χ4v) is 6.43. The Hall–Kier alpha value is -5.11. The van der Waals surface area contributed by atoms with Crippen LogP contribution in [0, 0.1) is 0 Å². The summed E-state index contributed by atoms with van der Waals surface area (Å²) in [5.41, 5.74) is 2.26. The molecule has 0 spiro atoms. The molecule has 232 valence electrons. The minimum Gasteiger partial charge on any atom is -0.261 e. The van der Waals surface area contributed by atoms with Crippen molar-refractivity contribution in [3.8, 4) is 5.82 Å². The van der Waals surface area contributed by atoms with Crippen LogP contribution in [0.5, 0.6) is 0 Å². The van der Waals surface area contributed by atoms with Gasteiger partial charge in [-0.05, 0) is 67.4 Å². The number of hydrogen-bond acceptors (Lipinski definition) is 4. The van der Waals surface area contributed by atoms with Gasteiger partial charge >= 0.3 is 6.18 Å². The summed E-state index contributed by atoms with van der Waals surface area (Å²) < 4.78 is 41.0. The van der Waals surface area contributed by atoms with Gasteiger partial charge in [-0.1, -0.05) is 92.7 Å². The van der Waals surface area contributed by atoms with Crippen molar-refractivity contribution in [1.29, 1.82) is 0 Å². The van der Waals surface area contributed by atoms with Gasteiger partial charge in [-0.3, -0.25) is 9.97 Å². The molecule has 0 aliphatic rings. The molecule has 0 aliphatic carbocycles. The number of aromatic nitrogens is 5. The van der Waals surface area contributed by atoms with E-state index in [4.69, 9.17) is 15.0 Å². The van der Waals surface area contributed by atoms with Gasteiger partial charge in [0.05, 0.1) is 22.5 Å². The third-order valence-electron chi connectivity index (χ3n) is 8.92. The van der Waals surface area contributed by atoms with Crippen LogP contribution in [-0.2, 0) is 22.4 Å². The normalized spacial score (nSPS) is 12.7. The van der Waals surface area contributed by atoms with E-state index >= 15 is 0 Å². The minimum atomic E-state index is -4.54. The van der Waals surface area contributed by atoms with Crippen LogP contribution in [0.15, 0.2) is 134 Å². The van der Waals surface area contributed by atoms with Gasteiger partial charge in [-0.15, -0.1) is 0 Å². The molecule has 0 saturated carbocycles. The van der Waals surface area contributed by atoms with Crippen molar-refractivity contribution in [2.45, 2.75) is 50.1 Å². The average molecular weight is 618 g/mol. The van der Waals surface area contributed by atoms with Gasteiger partial charge in [0.15, 0.2) is 11.5 Å². The number of hydrogen-bond donors (Lipinski definition) is 0. The van der Waals surface area contributed by atoms with Crippen molar-refractivity contribution in [3.63, 3.8) is 0 Å². The molecule has 0 saturated heterocycles. The number of rotatable bonds is 8. The topological polar surface area (TPSA) is 56.5 Å². The Balaban J connectivity index is 1.55. The minimum absolute atomic E-state index is 0.288. The summed E-state index contributed by atoms with van der Waals surface area (Å²) in [7, 11) is 0. The SMILES string of the molecule is CC(C)(c1cccc(-n2ccc(C(F)(F)F)n2)n1)c1cccc(C(c2ccccc2)(c2ccccc2)C(C)(C)c2ccccn2)n1. The highest BCUT2D eigenvalue weighted by Crippen LogP contribution is 2.52. The molecule has 4 aromatic heterocycles. The molecule has 0 amide bonds. The lowest BCUT2D eigenvalue weighted by Crippen LogP contribution is -2.48. The van der Waals surface area contributed by atoms with E-state index in [1.54, 1.807) is 12.1 Å². The van der Waals surface area contributed by atoms with Crippen molar-refractivity contribution in [2.75, 3.05) is 0 Å². The van der Waals surface area contributed by atoms with E-state index in [1.165, 1.54) is 6.20 Å². The fourth-order valence-electron chi connectivity index (χ4n) is 6.43. The van der Waals surface area contributed by atoms with Crippen molar-refractivity contribution < 1.29 is 13.2 Å². The highest BCUT2D eigenvalue weighted by Gasteiger charge is 2.52. The summed E-state index contributed by atoms with van der Waals surface area (Å²) in [6.45, 7) is 8.45. The molecule has 0 radical (unpaired) electrons. The van der Waals surface area contributed by atoms with E-state index in [2.05, 4.69) is 55.3 Å². The zero-order valence-electron chi connectivity index (χ0n) is 26.1. The Morgan fingerprint density at radius 2 is 1.07 bits per heavy atom. The monoisotopic (exact) mass is 617 g/mol. The van der Waals surface area contributed by atoms with Crippen LogP contribution in [0.1, 0.15) is 67.3 Å². The summed E-state index contributed by atoms with van der Waals surface area (Å²) in [4.78, 5) is 15.1. The first-order valence-corrected chi connectivity index (χ1v) is 15.1. The lowest BCUT2D eigenvalue weighted by Gasteiger charge is -2.47. The third kappa shape index (κ3) is 5.27. The van der Waals surface area contributed by atoms with E-state index in [0.29, 0.717) is 5.69 Å². The Morgan fingerprint density at radius 1 is 0.522 bits per heavy atom. The van der Waals surface area contributed by atoms with Gasteiger partial charge in [-0.2, -0.15) is 18.3 Å². The first-order valence-electron chi connectivity index (χ1n) is 15.1. The molecule has 0 aliphatic heterocycles. The molecule has 0 bridgehead atoms. The summed E-state index contributed by atoms with van der Waals surface area (Å²) in [6.07, 6.45) is -1.45. The zero-order chi connectivity index (χ0) is 32.6. The lowest BCUT2D eigenvalue weighted by molar-refractivity contribution is -0.141.